The van der Waals surface area contributed by atoms with Gasteiger partial charge in [0.05, 0.1) is 4.90 Å². The molecule has 29 heavy (non-hydrogen) atoms. The van der Waals surface area contributed by atoms with E-state index in [0.29, 0.717) is 36.2 Å². The topological polar surface area (TPSA) is 93.7 Å². The van der Waals surface area contributed by atoms with Crippen molar-refractivity contribution in [2.45, 2.75) is 17.4 Å². The Balaban J connectivity index is 1.77. The van der Waals surface area contributed by atoms with Gasteiger partial charge in [0.1, 0.15) is 25.1 Å². The SMILES string of the molecule is CSCC[C@@H](NS(=O)(=O)c1ccc2c(c1)OCCO2)C(=O)Nc1ccc(F)cc1. The van der Waals surface area contributed by atoms with Crippen LogP contribution in [0.25, 0.3) is 0 Å². The van der Waals surface area contributed by atoms with Crippen LogP contribution >= 0.6 is 11.8 Å². The normalized spacial score (nSPS) is 14.3. The molecule has 0 aliphatic carbocycles. The molecule has 2 N–H and O–H groups in total. The summed E-state index contributed by atoms with van der Waals surface area (Å²) in [6.45, 7) is 0.734. The fourth-order valence-electron chi connectivity index (χ4n) is 2.69. The lowest BCUT2D eigenvalue weighted by Gasteiger charge is -2.21. The number of benzene rings is 2. The van der Waals surface area contributed by atoms with E-state index in [1.54, 1.807) is 0 Å². The number of carbonyl (C=O) groups excluding carboxylic acids is 1. The van der Waals surface area contributed by atoms with E-state index in [0.717, 1.165) is 0 Å². The van der Waals surface area contributed by atoms with E-state index in [2.05, 4.69) is 10.0 Å². The Morgan fingerprint density at radius 3 is 2.52 bits per heavy atom. The van der Waals surface area contributed by atoms with Gasteiger partial charge in [-0.15, -0.1) is 0 Å². The summed E-state index contributed by atoms with van der Waals surface area (Å²) in [6.07, 6.45) is 2.15. The number of sulfonamides is 1. The summed E-state index contributed by atoms with van der Waals surface area (Å²) in [6, 6.07) is 8.56. The van der Waals surface area contributed by atoms with Gasteiger partial charge in [-0.25, -0.2) is 12.8 Å². The van der Waals surface area contributed by atoms with E-state index in [9.17, 15) is 17.6 Å². The van der Waals surface area contributed by atoms with Crippen LogP contribution in [-0.2, 0) is 14.8 Å². The molecule has 0 unspecified atom stereocenters. The number of anilines is 1. The quantitative estimate of drug-likeness (QED) is 0.656. The molecule has 0 aromatic heterocycles. The highest BCUT2D eigenvalue weighted by Gasteiger charge is 2.27. The van der Waals surface area contributed by atoms with E-state index >= 15 is 0 Å². The second-order valence-electron chi connectivity index (χ2n) is 6.26. The van der Waals surface area contributed by atoms with Crippen LogP contribution in [0, 0.1) is 5.82 Å². The first-order valence-corrected chi connectivity index (χ1v) is 11.7. The molecule has 1 aliphatic heterocycles. The van der Waals surface area contributed by atoms with Crippen molar-refractivity contribution < 1.29 is 27.1 Å². The van der Waals surface area contributed by atoms with Crippen LogP contribution in [0.15, 0.2) is 47.4 Å². The minimum absolute atomic E-state index is 0.0227. The molecule has 0 radical (unpaired) electrons. The second kappa shape index (κ2) is 9.47. The Hall–Kier alpha value is -2.30. The van der Waals surface area contributed by atoms with Gasteiger partial charge in [-0.3, -0.25) is 4.79 Å². The fourth-order valence-corrected chi connectivity index (χ4v) is 4.40. The van der Waals surface area contributed by atoms with Gasteiger partial charge in [-0.1, -0.05) is 0 Å². The zero-order valence-electron chi connectivity index (χ0n) is 15.7. The number of nitrogens with one attached hydrogen (secondary N) is 2. The second-order valence-corrected chi connectivity index (χ2v) is 8.96. The summed E-state index contributed by atoms with van der Waals surface area (Å²) in [5, 5.41) is 2.62. The number of fused-ring (bicyclic) bond motifs is 1. The predicted molar refractivity (Wildman–Crippen MR) is 110 cm³/mol. The summed E-state index contributed by atoms with van der Waals surface area (Å²) >= 11 is 1.50. The summed E-state index contributed by atoms with van der Waals surface area (Å²) in [5.74, 6) is 0.442. The minimum Gasteiger partial charge on any atom is -0.486 e. The Morgan fingerprint density at radius 2 is 1.83 bits per heavy atom. The number of amides is 1. The molecule has 0 saturated heterocycles. The smallest absolute Gasteiger partial charge is 0.242 e. The first kappa shape index (κ1) is 21.4. The molecule has 2 aromatic carbocycles. The van der Waals surface area contributed by atoms with Gasteiger partial charge in [0.25, 0.3) is 0 Å². The number of thioether (sulfide) groups is 1. The van der Waals surface area contributed by atoms with Gasteiger partial charge >= 0.3 is 0 Å². The molecule has 10 heteroatoms. The van der Waals surface area contributed by atoms with Crippen molar-refractivity contribution in [2.24, 2.45) is 0 Å². The van der Waals surface area contributed by atoms with Gasteiger partial charge in [0.2, 0.25) is 15.9 Å². The lowest BCUT2D eigenvalue weighted by molar-refractivity contribution is -0.117. The zero-order chi connectivity index (χ0) is 20.9. The molecule has 156 valence electrons. The number of ether oxygens (including phenoxy) is 2. The van der Waals surface area contributed by atoms with E-state index in [1.165, 1.54) is 54.2 Å². The van der Waals surface area contributed by atoms with Crippen molar-refractivity contribution in [3.05, 3.63) is 48.3 Å². The highest BCUT2D eigenvalue weighted by Crippen LogP contribution is 2.32. The summed E-state index contributed by atoms with van der Waals surface area (Å²) in [7, 11) is -3.98. The van der Waals surface area contributed by atoms with Gasteiger partial charge in [-0.2, -0.15) is 16.5 Å². The maximum Gasteiger partial charge on any atom is 0.242 e. The molecule has 0 saturated carbocycles. The number of halogens is 1. The minimum atomic E-state index is -3.98. The molecule has 2 aromatic rings. The largest absolute Gasteiger partial charge is 0.486 e. The lowest BCUT2D eigenvalue weighted by Crippen LogP contribution is -2.44. The van der Waals surface area contributed by atoms with Gasteiger partial charge in [-0.05, 0) is 54.8 Å². The third-order valence-electron chi connectivity index (χ3n) is 4.16. The van der Waals surface area contributed by atoms with Crippen LogP contribution in [0.2, 0.25) is 0 Å². The van der Waals surface area contributed by atoms with Crippen molar-refractivity contribution in [1.82, 2.24) is 4.72 Å². The summed E-state index contributed by atoms with van der Waals surface area (Å²) in [5.41, 5.74) is 0.379. The molecule has 1 atom stereocenters. The molecule has 7 nitrogen and oxygen atoms in total. The van der Waals surface area contributed by atoms with Crippen molar-refractivity contribution >= 4 is 33.4 Å². The van der Waals surface area contributed by atoms with Crippen molar-refractivity contribution in [2.75, 3.05) is 30.5 Å². The monoisotopic (exact) mass is 440 g/mol. The van der Waals surface area contributed by atoms with Crippen LogP contribution < -0.4 is 19.5 Å². The summed E-state index contributed by atoms with van der Waals surface area (Å²) < 4.78 is 52.0. The number of rotatable bonds is 8. The first-order valence-electron chi connectivity index (χ1n) is 8.86. The molecule has 1 aliphatic rings. The Kier molecular flexibility index (Phi) is 6.99. The van der Waals surface area contributed by atoms with Crippen molar-refractivity contribution in [3.63, 3.8) is 0 Å². The van der Waals surface area contributed by atoms with Crippen LogP contribution in [0.1, 0.15) is 6.42 Å². The molecular formula is C19H21FN2O5S2. The number of hydrogen-bond donors (Lipinski definition) is 2. The Morgan fingerprint density at radius 1 is 1.14 bits per heavy atom. The van der Waals surface area contributed by atoms with E-state index in [-0.39, 0.29) is 11.3 Å². The van der Waals surface area contributed by atoms with E-state index in [4.69, 9.17) is 9.47 Å². The molecule has 1 amide bonds. The van der Waals surface area contributed by atoms with Crippen LogP contribution in [0.3, 0.4) is 0 Å². The van der Waals surface area contributed by atoms with Crippen molar-refractivity contribution in [3.8, 4) is 11.5 Å². The van der Waals surface area contributed by atoms with Crippen molar-refractivity contribution in [1.29, 1.82) is 0 Å². The third-order valence-corrected chi connectivity index (χ3v) is 6.27. The van der Waals surface area contributed by atoms with Gasteiger partial charge in [0, 0.05) is 11.8 Å². The van der Waals surface area contributed by atoms with Gasteiger partial charge < -0.3 is 14.8 Å². The van der Waals surface area contributed by atoms with E-state index in [1.807, 2.05) is 6.26 Å². The highest BCUT2D eigenvalue weighted by molar-refractivity contribution is 7.98. The molecule has 1 heterocycles. The van der Waals surface area contributed by atoms with Crippen LogP contribution in [0.4, 0.5) is 10.1 Å². The maximum absolute atomic E-state index is 13.1. The van der Waals surface area contributed by atoms with E-state index < -0.39 is 27.8 Å². The van der Waals surface area contributed by atoms with Crippen LogP contribution in [-0.4, -0.2) is 45.6 Å². The zero-order valence-corrected chi connectivity index (χ0v) is 17.3. The average molecular weight is 441 g/mol. The lowest BCUT2D eigenvalue weighted by atomic mass is 10.2. The predicted octanol–water partition coefficient (Wildman–Crippen LogP) is 2.64. The Labute approximate surface area is 173 Å². The molecular weight excluding hydrogens is 419 g/mol. The molecule has 0 fully saturated rings. The highest BCUT2D eigenvalue weighted by atomic mass is 32.2. The fraction of sp³-hybridized carbons (Fsp3) is 0.316. The van der Waals surface area contributed by atoms with Crippen LogP contribution in [0.5, 0.6) is 11.5 Å². The summed E-state index contributed by atoms with van der Waals surface area (Å²) in [4.78, 5) is 12.6. The molecule has 0 bridgehead atoms. The van der Waals surface area contributed by atoms with Gasteiger partial charge in [0.15, 0.2) is 11.5 Å². The average Bonchev–Trinajstić information content (AvgIpc) is 2.72. The number of carbonyl (C=O) groups is 1. The standard InChI is InChI=1S/C19H21FN2O5S2/c1-28-11-8-16(19(23)21-14-4-2-13(20)3-5-14)22-29(24,25)15-6-7-17-18(12-15)27-10-9-26-17/h2-7,12,16,22H,8-11H2,1H3,(H,21,23)/t16-/m1/s1. The maximum atomic E-state index is 13.1. The molecule has 0 spiro atoms. The number of hydrogen-bond acceptors (Lipinski definition) is 6. The molecule has 3 rings (SSSR count). The Bertz CT molecular complexity index is 967. The third kappa shape index (κ3) is 5.62. The first-order chi connectivity index (χ1) is 13.9.